The molecular formula is C48H60N8O6. The van der Waals surface area contributed by atoms with E-state index < -0.39 is 12.1 Å². The number of aliphatic hydroxyl groups is 2. The first-order chi connectivity index (χ1) is 30.2. The molecule has 0 radical (unpaired) electrons. The first kappa shape index (κ1) is 44.5. The third kappa shape index (κ3) is 8.61. The summed E-state index contributed by atoms with van der Waals surface area (Å²) in [6, 6.07) is 18.0. The van der Waals surface area contributed by atoms with Crippen molar-refractivity contribution in [1.29, 1.82) is 0 Å². The van der Waals surface area contributed by atoms with Gasteiger partial charge in [0.15, 0.2) is 0 Å². The molecule has 328 valence electrons. The van der Waals surface area contributed by atoms with Crippen molar-refractivity contribution in [2.45, 2.75) is 90.9 Å². The van der Waals surface area contributed by atoms with Crippen molar-refractivity contribution in [3.63, 3.8) is 0 Å². The van der Waals surface area contributed by atoms with Crippen molar-refractivity contribution in [3.05, 3.63) is 140 Å². The lowest BCUT2D eigenvalue weighted by atomic mass is 9.88. The van der Waals surface area contributed by atoms with Crippen LogP contribution in [0.25, 0.3) is 12.2 Å². The second kappa shape index (κ2) is 20.1. The van der Waals surface area contributed by atoms with Crippen LogP contribution in [0.5, 0.6) is 0 Å². The highest BCUT2D eigenvalue weighted by Gasteiger charge is 2.56. The van der Waals surface area contributed by atoms with E-state index in [0.29, 0.717) is 37.3 Å². The minimum absolute atomic E-state index is 0.00529. The molecule has 2 amide bonds. The Morgan fingerprint density at radius 1 is 0.661 bits per heavy atom. The molecule has 0 saturated carbocycles. The number of amides is 2. The van der Waals surface area contributed by atoms with Gasteiger partial charge in [-0.15, -0.1) is 0 Å². The summed E-state index contributed by atoms with van der Waals surface area (Å²) in [6.07, 6.45) is 12.5. The first-order valence-electron chi connectivity index (χ1n) is 22.0. The summed E-state index contributed by atoms with van der Waals surface area (Å²) in [5.41, 5.74) is 4.79. The Balaban J connectivity index is 0.000000186. The maximum Gasteiger partial charge on any atom is 0.258 e. The summed E-state index contributed by atoms with van der Waals surface area (Å²) >= 11 is 0. The summed E-state index contributed by atoms with van der Waals surface area (Å²) in [6.45, 7) is 11.0. The number of pyridine rings is 4. The average Bonchev–Trinajstić information content (AvgIpc) is 4.03. The summed E-state index contributed by atoms with van der Waals surface area (Å²) in [7, 11) is 0. The highest BCUT2D eigenvalue weighted by Crippen LogP contribution is 2.50. The SMILES string of the molecule is C/C=C/c1ccc2n(c1=O)C[C@@H]1[C@@H](CO)[C@H](C(=O)NCc3ccccn3)N(CCC)[C@H]21.C/C=C\c1ccc2n(c1=O)C[C@@H]1[C@@H](CO)[C@H](C(=O)NCc3ccccn3)N(CCC)[C@H]21. The van der Waals surface area contributed by atoms with E-state index in [2.05, 4.69) is 44.2 Å². The number of nitrogens with one attached hydrogen (secondary N) is 2. The normalized spacial score (nSPS) is 25.0. The standard InChI is InChI=1S/2C24H30N4O3/c2*1-3-7-16-9-10-20-21-18(14-28(20)24(16)31)19(15-29)22(27(21)12-4-2)23(30)26-13-17-8-5-6-11-25-17/h2*3,5-11,18-19,21-22,29H,4,12-15H2,1-2H3,(H,26,30)/b7-3+;7-3-/t2*18-,19-,21+,22-/m11/s1. The summed E-state index contributed by atoms with van der Waals surface area (Å²) in [5, 5.41) is 26.6. The molecule has 4 N–H and O–H groups in total. The van der Waals surface area contributed by atoms with Crippen LogP contribution in [0.1, 0.15) is 86.5 Å². The number of nitrogens with zero attached hydrogens (tertiary/aromatic N) is 6. The van der Waals surface area contributed by atoms with Crippen LogP contribution in [-0.2, 0) is 35.8 Å². The lowest BCUT2D eigenvalue weighted by molar-refractivity contribution is -0.128. The third-order valence-electron chi connectivity index (χ3n) is 13.0. The number of fused-ring (bicyclic) bond motifs is 6. The van der Waals surface area contributed by atoms with Gasteiger partial charge in [0, 0.05) is 84.9 Å². The number of aliphatic hydroxyl groups excluding tert-OH is 2. The van der Waals surface area contributed by atoms with Gasteiger partial charge in [-0.2, -0.15) is 0 Å². The Hall–Kier alpha value is -5.54. The number of likely N-dealkylation sites (tertiary alicyclic amines) is 2. The monoisotopic (exact) mass is 844 g/mol. The molecule has 8 atom stereocenters. The number of carbonyl (C=O) groups is 2. The molecule has 2 fully saturated rings. The number of aromatic nitrogens is 4. The molecule has 4 aromatic heterocycles. The fraction of sp³-hybridized carbons (Fsp3) is 0.458. The van der Waals surface area contributed by atoms with Crippen LogP contribution in [0.2, 0.25) is 0 Å². The summed E-state index contributed by atoms with van der Waals surface area (Å²) < 4.78 is 3.66. The number of hydrogen-bond donors (Lipinski definition) is 4. The van der Waals surface area contributed by atoms with Crippen molar-refractivity contribution in [3.8, 4) is 0 Å². The second-order valence-electron chi connectivity index (χ2n) is 16.6. The maximum atomic E-state index is 13.3. The van der Waals surface area contributed by atoms with Crippen molar-refractivity contribution < 1.29 is 19.8 Å². The van der Waals surface area contributed by atoms with Crippen molar-refractivity contribution in [1.82, 2.24) is 39.5 Å². The number of allylic oxidation sites excluding steroid dienone is 2. The van der Waals surface area contributed by atoms with Crippen LogP contribution in [-0.4, -0.2) is 89.3 Å². The zero-order valence-corrected chi connectivity index (χ0v) is 36.1. The van der Waals surface area contributed by atoms with Crippen molar-refractivity contribution in [2.24, 2.45) is 23.7 Å². The van der Waals surface area contributed by atoms with Gasteiger partial charge in [-0.05, 0) is 88.3 Å². The van der Waals surface area contributed by atoms with Crippen LogP contribution in [0.15, 0.2) is 94.8 Å². The minimum Gasteiger partial charge on any atom is -0.396 e. The van der Waals surface area contributed by atoms with Gasteiger partial charge in [0.05, 0.1) is 48.6 Å². The molecule has 0 aromatic carbocycles. The average molecular weight is 845 g/mol. The molecule has 0 unspecified atom stereocenters. The Kier molecular flexibility index (Phi) is 14.4. The Morgan fingerprint density at radius 3 is 1.42 bits per heavy atom. The molecule has 4 aromatic rings. The Labute approximate surface area is 363 Å². The van der Waals surface area contributed by atoms with E-state index >= 15 is 0 Å². The zero-order valence-electron chi connectivity index (χ0n) is 36.1. The molecule has 62 heavy (non-hydrogen) atoms. The second-order valence-corrected chi connectivity index (χ2v) is 16.6. The van der Waals surface area contributed by atoms with Crippen LogP contribution < -0.4 is 21.8 Å². The zero-order chi connectivity index (χ0) is 43.9. The van der Waals surface area contributed by atoms with Gasteiger partial charge < -0.3 is 30.0 Å². The first-order valence-corrected chi connectivity index (χ1v) is 22.0. The summed E-state index contributed by atoms with van der Waals surface area (Å²) in [4.78, 5) is 65.3. The molecule has 2 saturated heterocycles. The van der Waals surface area contributed by atoms with Crippen LogP contribution in [0, 0.1) is 23.7 Å². The molecule has 0 spiro atoms. The number of rotatable bonds is 14. The smallest absolute Gasteiger partial charge is 0.258 e. The fourth-order valence-corrected chi connectivity index (χ4v) is 10.5. The quantitative estimate of drug-likeness (QED) is 0.146. The lowest BCUT2D eigenvalue weighted by Gasteiger charge is -2.30. The van der Waals surface area contributed by atoms with Crippen LogP contribution in [0.4, 0.5) is 0 Å². The van der Waals surface area contributed by atoms with E-state index in [1.807, 2.05) is 108 Å². The number of hydrogen-bond acceptors (Lipinski definition) is 10. The van der Waals surface area contributed by atoms with Gasteiger partial charge in [0.2, 0.25) is 11.8 Å². The van der Waals surface area contributed by atoms with E-state index in [1.54, 1.807) is 12.4 Å². The van der Waals surface area contributed by atoms with Crippen molar-refractivity contribution >= 4 is 24.0 Å². The van der Waals surface area contributed by atoms with Gasteiger partial charge in [-0.3, -0.25) is 38.9 Å². The van der Waals surface area contributed by atoms with Gasteiger partial charge >= 0.3 is 0 Å². The molecule has 0 aliphatic carbocycles. The van der Waals surface area contributed by atoms with Crippen LogP contribution in [0.3, 0.4) is 0 Å². The topological polar surface area (TPSA) is 175 Å². The minimum atomic E-state index is -0.428. The molecule has 8 heterocycles. The molecule has 0 bridgehead atoms. The fourth-order valence-electron chi connectivity index (χ4n) is 10.5. The Bertz CT molecular complexity index is 2200. The van der Waals surface area contributed by atoms with Gasteiger partial charge in [0.1, 0.15) is 0 Å². The Morgan fingerprint density at radius 2 is 1.08 bits per heavy atom. The highest BCUT2D eigenvalue weighted by atomic mass is 16.3. The van der Waals surface area contributed by atoms with E-state index in [4.69, 9.17) is 0 Å². The molecular weight excluding hydrogens is 785 g/mol. The predicted molar refractivity (Wildman–Crippen MR) is 238 cm³/mol. The van der Waals surface area contributed by atoms with Gasteiger partial charge in [-0.25, -0.2) is 0 Å². The van der Waals surface area contributed by atoms with Gasteiger partial charge in [0.25, 0.3) is 11.1 Å². The molecule has 8 rings (SSSR count). The molecule has 14 nitrogen and oxygen atoms in total. The van der Waals surface area contributed by atoms with Crippen LogP contribution >= 0.6 is 0 Å². The maximum absolute atomic E-state index is 13.3. The van der Waals surface area contributed by atoms with E-state index in [1.165, 1.54) is 0 Å². The van der Waals surface area contributed by atoms with Crippen molar-refractivity contribution in [2.75, 3.05) is 26.3 Å². The molecule has 4 aliphatic heterocycles. The van der Waals surface area contributed by atoms with E-state index in [0.717, 1.165) is 48.7 Å². The third-order valence-corrected chi connectivity index (χ3v) is 13.0. The molecule has 4 aliphatic rings. The highest BCUT2D eigenvalue weighted by molar-refractivity contribution is 5.83. The summed E-state index contributed by atoms with van der Waals surface area (Å²) in [5.74, 6) is -0.597. The predicted octanol–water partition coefficient (Wildman–Crippen LogP) is 3.93. The van der Waals surface area contributed by atoms with Gasteiger partial charge in [-0.1, -0.05) is 50.3 Å². The van der Waals surface area contributed by atoms with E-state index in [9.17, 15) is 29.4 Å². The van der Waals surface area contributed by atoms with E-state index in [-0.39, 0.29) is 71.9 Å². The molecule has 14 heteroatoms. The largest absolute Gasteiger partial charge is 0.396 e. The number of carbonyl (C=O) groups excluding carboxylic acids is 2. The lowest BCUT2D eigenvalue weighted by Crippen LogP contribution is -2.48.